The van der Waals surface area contributed by atoms with E-state index in [1.807, 2.05) is 0 Å². The van der Waals surface area contributed by atoms with Crippen LogP contribution in [0.5, 0.6) is 0 Å². The van der Waals surface area contributed by atoms with Crippen molar-refractivity contribution in [3.63, 3.8) is 0 Å². The van der Waals surface area contributed by atoms with Crippen LogP contribution in [0, 0.1) is 6.92 Å². The first-order valence-electron chi connectivity index (χ1n) is 11.7. The highest BCUT2D eigenvalue weighted by Crippen LogP contribution is 2.34. The Morgan fingerprint density at radius 3 is 2.39 bits per heavy atom. The van der Waals surface area contributed by atoms with Crippen LogP contribution >= 0.6 is 8.25 Å². The minimum absolute atomic E-state index is 0.0926. The van der Waals surface area contributed by atoms with Crippen molar-refractivity contribution in [2.75, 3.05) is 19.6 Å². The number of hydrogen-bond donors (Lipinski definition) is 3. The number of aliphatic hydroxyl groups excluding tert-OH is 1. The molecule has 198 valence electrons. The molecule has 0 saturated carbocycles. The number of aromatic nitrogens is 2. The number of carbonyl (C=O) groups excluding carboxylic acids is 1. The lowest BCUT2D eigenvalue weighted by atomic mass is 10.1. The van der Waals surface area contributed by atoms with Gasteiger partial charge < -0.3 is 24.4 Å². The second-order valence-electron chi connectivity index (χ2n) is 8.11. The first-order valence-corrected chi connectivity index (χ1v) is 12.8. The summed E-state index contributed by atoms with van der Waals surface area (Å²) in [7, 11) is -3.41. The summed E-state index contributed by atoms with van der Waals surface area (Å²) in [4.78, 5) is 50.6. The van der Waals surface area contributed by atoms with Gasteiger partial charge in [-0.05, 0) is 44.4 Å². The number of nitrogens with zero attached hydrogens (tertiary/aromatic N) is 1. The van der Waals surface area contributed by atoms with Gasteiger partial charge in [-0.2, -0.15) is 0 Å². The Labute approximate surface area is 209 Å². The summed E-state index contributed by atoms with van der Waals surface area (Å²) >= 11 is 0. The lowest BCUT2D eigenvalue weighted by molar-refractivity contribution is -0.894. The van der Waals surface area contributed by atoms with Crippen LogP contribution in [0.25, 0.3) is 0 Å². The van der Waals surface area contributed by atoms with E-state index in [0.29, 0.717) is 0 Å². The Balaban J connectivity index is 0.000000572. The molecule has 36 heavy (non-hydrogen) atoms. The molecule has 1 aromatic carbocycles. The smallest absolute Gasteiger partial charge is 0.491 e. The summed E-state index contributed by atoms with van der Waals surface area (Å²) in [5, 5.41) is 10.0. The van der Waals surface area contributed by atoms with Gasteiger partial charge in [0, 0.05) is 18.2 Å². The summed E-state index contributed by atoms with van der Waals surface area (Å²) in [5.41, 5.74) is -0.879. The van der Waals surface area contributed by atoms with Crippen LogP contribution in [-0.4, -0.2) is 58.8 Å². The third kappa shape index (κ3) is 8.16. The minimum Gasteiger partial charge on any atom is -0.566 e. The maximum absolute atomic E-state index is 12.4. The van der Waals surface area contributed by atoms with E-state index in [9.17, 15) is 28.9 Å². The van der Waals surface area contributed by atoms with Crippen LogP contribution in [0.4, 0.5) is 0 Å². The van der Waals surface area contributed by atoms with Crippen molar-refractivity contribution in [2.45, 2.75) is 58.8 Å². The molecule has 5 atom stereocenters. The van der Waals surface area contributed by atoms with Gasteiger partial charge in [-0.25, -0.2) is 9.59 Å². The molecule has 1 fully saturated rings. The molecule has 0 radical (unpaired) electrons. The van der Waals surface area contributed by atoms with Gasteiger partial charge in [-0.1, -0.05) is 18.2 Å². The number of rotatable bonds is 9. The first-order chi connectivity index (χ1) is 17.1. The highest BCUT2D eigenvalue weighted by molar-refractivity contribution is 7.30. The standard InChI is InChI=1S/C17H17N2O9P.C6H15N/c1-9-8-19(17(23)18-14(9)20)12-7-11(13(27-12)16(22)28-29(24)25)26-15(21)10-5-3-2-4-6-10;1-4-7(5-2)6-3/h2-6,8,11-13,16,22H,7H2,1H3,(H,18,20,23);4-6H2,1-3H3/p+1/t11-,12+,13-,16?;/m0./s1. The number of H-pyrrole nitrogens is 1. The fourth-order valence-electron chi connectivity index (χ4n) is 3.68. The molecular weight excluding hydrogens is 493 g/mol. The van der Waals surface area contributed by atoms with Gasteiger partial charge in [0.25, 0.3) is 5.56 Å². The van der Waals surface area contributed by atoms with E-state index in [4.69, 9.17) is 9.47 Å². The van der Waals surface area contributed by atoms with Crippen molar-refractivity contribution in [2.24, 2.45) is 0 Å². The van der Waals surface area contributed by atoms with E-state index in [-0.39, 0.29) is 17.5 Å². The van der Waals surface area contributed by atoms with Crippen molar-refractivity contribution in [1.29, 1.82) is 0 Å². The second-order valence-corrected chi connectivity index (χ2v) is 8.77. The lowest BCUT2D eigenvalue weighted by Gasteiger charge is -2.20. The van der Waals surface area contributed by atoms with Crippen LogP contribution in [0.15, 0.2) is 46.1 Å². The molecule has 13 heteroatoms. The van der Waals surface area contributed by atoms with E-state index in [1.54, 1.807) is 23.1 Å². The highest BCUT2D eigenvalue weighted by atomic mass is 31.1. The Kier molecular flexibility index (Phi) is 11.6. The van der Waals surface area contributed by atoms with Crippen LogP contribution in [0.1, 0.15) is 49.3 Å². The van der Waals surface area contributed by atoms with Gasteiger partial charge >= 0.3 is 19.9 Å². The quantitative estimate of drug-likeness (QED) is 0.225. The monoisotopic (exact) mass is 526 g/mol. The van der Waals surface area contributed by atoms with Crippen molar-refractivity contribution in [3.05, 3.63) is 68.5 Å². The zero-order chi connectivity index (χ0) is 26.8. The molecule has 2 unspecified atom stereocenters. The topological polar surface area (TPSA) is 164 Å². The second kappa shape index (κ2) is 14.1. The average Bonchev–Trinajstić information content (AvgIpc) is 3.26. The van der Waals surface area contributed by atoms with Crippen LogP contribution in [0.3, 0.4) is 0 Å². The van der Waals surface area contributed by atoms with E-state index < -0.39 is 50.2 Å². The maximum Gasteiger partial charge on any atom is 0.491 e. The molecule has 1 aliphatic heterocycles. The number of esters is 1. The Morgan fingerprint density at radius 2 is 1.86 bits per heavy atom. The SMILES string of the molecule is CC[NH+](CC)CC.Cc1cn([C@H]2C[C@H](OC(=O)c3ccccc3)[C@@H](C(O)O[P+](=O)[O-])O2)c(=O)[nH]c1=O. The number of nitrogens with one attached hydrogen (secondary N) is 2. The Morgan fingerprint density at radius 1 is 1.25 bits per heavy atom. The van der Waals surface area contributed by atoms with Crippen molar-refractivity contribution in [3.8, 4) is 0 Å². The molecule has 3 N–H and O–H groups in total. The molecule has 1 saturated heterocycles. The van der Waals surface area contributed by atoms with Gasteiger partial charge in [0.2, 0.25) is 6.29 Å². The summed E-state index contributed by atoms with van der Waals surface area (Å²) in [6, 6.07) is 8.00. The van der Waals surface area contributed by atoms with Gasteiger partial charge in [-0.3, -0.25) is 14.3 Å². The third-order valence-corrected chi connectivity index (χ3v) is 6.20. The predicted octanol–water partition coefficient (Wildman–Crippen LogP) is -0.358. The first kappa shape index (κ1) is 29.5. The number of benzene rings is 1. The minimum atomic E-state index is -3.41. The maximum atomic E-state index is 12.4. The predicted molar refractivity (Wildman–Crippen MR) is 128 cm³/mol. The molecule has 1 aromatic heterocycles. The molecule has 12 nitrogen and oxygen atoms in total. The van der Waals surface area contributed by atoms with Gasteiger partial charge in [0.15, 0.2) is 6.10 Å². The number of aryl methyl sites for hydroxylation is 1. The van der Waals surface area contributed by atoms with Gasteiger partial charge in [-0.15, -0.1) is 4.52 Å². The van der Waals surface area contributed by atoms with E-state index in [1.165, 1.54) is 44.9 Å². The summed E-state index contributed by atoms with van der Waals surface area (Å²) < 4.78 is 27.1. The summed E-state index contributed by atoms with van der Waals surface area (Å²) in [6.07, 6.45) is -4.36. The molecule has 2 heterocycles. The normalized spacial score (nSPS) is 20.4. The molecule has 0 bridgehead atoms. The van der Waals surface area contributed by atoms with Crippen LogP contribution < -0.4 is 21.0 Å². The van der Waals surface area contributed by atoms with Crippen LogP contribution in [0.2, 0.25) is 0 Å². The molecule has 3 rings (SSSR count). The van der Waals surface area contributed by atoms with Gasteiger partial charge in [0.05, 0.1) is 25.2 Å². The molecule has 0 amide bonds. The summed E-state index contributed by atoms with van der Waals surface area (Å²) in [5.74, 6) is -0.728. The fourth-order valence-corrected chi connectivity index (χ4v) is 3.98. The van der Waals surface area contributed by atoms with Crippen molar-refractivity contribution < 1.29 is 38.3 Å². The molecule has 2 aromatic rings. The molecule has 1 aliphatic rings. The number of aromatic amines is 1. The number of quaternary nitrogens is 1. The molecule has 0 aliphatic carbocycles. The Hall–Kier alpha value is -2.73. The van der Waals surface area contributed by atoms with E-state index in [0.717, 1.165) is 4.57 Å². The van der Waals surface area contributed by atoms with Gasteiger partial charge in [0.1, 0.15) is 12.3 Å². The number of carbonyl (C=O) groups is 1. The zero-order valence-electron chi connectivity index (χ0n) is 20.7. The highest BCUT2D eigenvalue weighted by Gasteiger charge is 2.46. The number of ether oxygens (including phenoxy) is 2. The van der Waals surface area contributed by atoms with E-state index in [2.05, 4.69) is 30.3 Å². The number of aliphatic hydroxyl groups is 1. The zero-order valence-corrected chi connectivity index (χ0v) is 21.6. The van der Waals surface area contributed by atoms with E-state index >= 15 is 0 Å². The summed E-state index contributed by atoms with van der Waals surface area (Å²) in [6.45, 7) is 12.0. The molecule has 0 spiro atoms. The lowest BCUT2D eigenvalue weighted by Crippen LogP contribution is -3.11. The molecular formula is C23H33N3O9P+. The van der Waals surface area contributed by atoms with Crippen molar-refractivity contribution >= 4 is 14.2 Å². The van der Waals surface area contributed by atoms with Crippen molar-refractivity contribution in [1.82, 2.24) is 9.55 Å². The number of hydrogen-bond acceptors (Lipinski definition) is 9. The third-order valence-electron chi connectivity index (χ3n) is 5.81. The Bertz CT molecular complexity index is 1110. The van der Waals surface area contributed by atoms with Crippen LogP contribution in [-0.2, 0) is 18.6 Å². The fraction of sp³-hybridized carbons (Fsp3) is 0.522. The average molecular weight is 527 g/mol. The largest absolute Gasteiger partial charge is 0.566 e.